The Labute approximate surface area is 128 Å². The van der Waals surface area contributed by atoms with E-state index in [-0.39, 0.29) is 0 Å². The molecule has 0 spiro atoms. The van der Waals surface area contributed by atoms with Crippen molar-refractivity contribution >= 4 is 22.8 Å². The molecule has 3 rings (SSSR count). The summed E-state index contributed by atoms with van der Waals surface area (Å²) in [4.78, 5) is 8.37. The Morgan fingerprint density at radius 2 is 2.19 bits per heavy atom. The Balaban J connectivity index is 1.91. The topological polar surface area (TPSA) is 46.6 Å². The summed E-state index contributed by atoms with van der Waals surface area (Å²) in [6.45, 7) is 2.71. The van der Waals surface area contributed by atoms with Crippen LogP contribution in [-0.2, 0) is 13.0 Å². The van der Waals surface area contributed by atoms with Gasteiger partial charge in [0.25, 0.3) is 0 Å². The van der Waals surface area contributed by atoms with Gasteiger partial charge in [0.05, 0.1) is 5.69 Å². The molecule has 0 aromatic carbocycles. The van der Waals surface area contributed by atoms with E-state index in [1.807, 2.05) is 24.4 Å². The number of fused-ring (bicyclic) bond motifs is 1. The van der Waals surface area contributed by atoms with Gasteiger partial charge in [-0.25, -0.2) is 4.98 Å². The molecular weight excluding hydrogens is 280 g/mol. The molecule has 0 aliphatic carbocycles. The molecule has 3 aromatic heterocycles. The van der Waals surface area contributed by atoms with Crippen LogP contribution in [0.15, 0.2) is 41.9 Å². The number of anilines is 1. The minimum atomic E-state index is 0.374. The highest BCUT2D eigenvalue weighted by atomic mass is 32.1. The van der Waals surface area contributed by atoms with E-state index in [2.05, 4.69) is 40.8 Å². The predicted octanol–water partition coefficient (Wildman–Crippen LogP) is 2.92. The molecule has 1 atom stereocenters. The summed E-state index contributed by atoms with van der Waals surface area (Å²) < 4.78 is 2.07. The van der Waals surface area contributed by atoms with E-state index in [4.69, 9.17) is 10.7 Å². The molecule has 1 unspecified atom stereocenters. The van der Waals surface area contributed by atoms with Crippen LogP contribution < -0.4 is 10.6 Å². The van der Waals surface area contributed by atoms with Crippen molar-refractivity contribution in [3.05, 3.63) is 52.5 Å². The van der Waals surface area contributed by atoms with E-state index < -0.39 is 0 Å². The van der Waals surface area contributed by atoms with E-state index in [0.717, 1.165) is 23.6 Å². The summed E-state index contributed by atoms with van der Waals surface area (Å²) >= 11 is 1.80. The number of nitrogens with zero attached hydrogens (tertiary/aromatic N) is 3. The fourth-order valence-corrected chi connectivity index (χ4v) is 3.40. The standard InChI is InChI=1S/C16H20N4S/c1-12(10-13-6-5-9-21-13)19(2)16-14(11-17)20-8-4-3-7-15(20)18-16/h3-9,12H,10-11,17H2,1-2H3. The first-order chi connectivity index (χ1) is 10.2. The molecule has 110 valence electrons. The Hall–Kier alpha value is -1.85. The molecule has 0 aliphatic heterocycles. The van der Waals surface area contributed by atoms with Gasteiger partial charge in [-0.2, -0.15) is 0 Å². The SMILES string of the molecule is CC(Cc1cccs1)N(C)c1nc2ccccn2c1CN. The molecule has 0 bridgehead atoms. The van der Waals surface area contributed by atoms with Crippen LogP contribution in [0.5, 0.6) is 0 Å². The molecule has 0 saturated heterocycles. The molecule has 21 heavy (non-hydrogen) atoms. The average Bonchev–Trinajstić information content (AvgIpc) is 3.12. The summed E-state index contributed by atoms with van der Waals surface area (Å²) in [5, 5.41) is 2.12. The molecule has 3 aromatic rings. The number of rotatable bonds is 5. The third-order valence-electron chi connectivity index (χ3n) is 3.87. The first kappa shape index (κ1) is 14.1. The minimum absolute atomic E-state index is 0.374. The quantitative estimate of drug-likeness (QED) is 0.788. The van der Waals surface area contributed by atoms with Crippen LogP contribution >= 0.6 is 11.3 Å². The summed E-state index contributed by atoms with van der Waals surface area (Å²) in [5.74, 6) is 0.979. The third kappa shape index (κ3) is 2.66. The van der Waals surface area contributed by atoms with Crippen molar-refractivity contribution in [3.8, 4) is 0 Å². The van der Waals surface area contributed by atoms with E-state index in [1.165, 1.54) is 4.88 Å². The van der Waals surface area contributed by atoms with Gasteiger partial charge in [0.2, 0.25) is 0 Å². The Bertz CT molecular complexity index is 717. The second-order valence-corrected chi connectivity index (χ2v) is 6.29. The zero-order valence-electron chi connectivity index (χ0n) is 12.4. The second kappa shape index (κ2) is 5.87. The normalized spacial score (nSPS) is 12.7. The van der Waals surface area contributed by atoms with Crippen molar-refractivity contribution in [3.63, 3.8) is 0 Å². The molecular formula is C16H20N4S. The van der Waals surface area contributed by atoms with Crippen LogP contribution in [0.4, 0.5) is 5.82 Å². The average molecular weight is 300 g/mol. The van der Waals surface area contributed by atoms with Crippen molar-refractivity contribution in [2.75, 3.05) is 11.9 Å². The van der Waals surface area contributed by atoms with Gasteiger partial charge in [0, 0.05) is 37.1 Å². The van der Waals surface area contributed by atoms with Crippen molar-refractivity contribution in [2.45, 2.75) is 25.9 Å². The maximum absolute atomic E-state index is 5.95. The fraction of sp³-hybridized carbons (Fsp3) is 0.312. The van der Waals surface area contributed by atoms with Gasteiger partial charge in [-0.15, -0.1) is 11.3 Å². The van der Waals surface area contributed by atoms with E-state index >= 15 is 0 Å². The van der Waals surface area contributed by atoms with Crippen molar-refractivity contribution in [1.29, 1.82) is 0 Å². The first-order valence-corrected chi connectivity index (χ1v) is 8.00. The van der Waals surface area contributed by atoms with Crippen molar-refractivity contribution in [1.82, 2.24) is 9.38 Å². The van der Waals surface area contributed by atoms with Crippen LogP contribution in [0.2, 0.25) is 0 Å². The van der Waals surface area contributed by atoms with Crippen LogP contribution in [0.25, 0.3) is 5.65 Å². The van der Waals surface area contributed by atoms with Gasteiger partial charge < -0.3 is 15.0 Å². The maximum atomic E-state index is 5.95. The summed E-state index contributed by atoms with van der Waals surface area (Å²) in [5.41, 5.74) is 7.96. The third-order valence-corrected chi connectivity index (χ3v) is 4.77. The molecule has 2 N–H and O–H groups in total. The van der Waals surface area contributed by atoms with Gasteiger partial charge in [-0.1, -0.05) is 12.1 Å². The largest absolute Gasteiger partial charge is 0.355 e. The van der Waals surface area contributed by atoms with Gasteiger partial charge in [0.15, 0.2) is 5.82 Å². The number of likely N-dealkylation sites (N-methyl/N-ethyl adjacent to an activating group) is 1. The van der Waals surface area contributed by atoms with Crippen molar-refractivity contribution < 1.29 is 0 Å². The number of hydrogen-bond acceptors (Lipinski definition) is 4. The lowest BCUT2D eigenvalue weighted by Gasteiger charge is -2.25. The Kier molecular flexibility index (Phi) is 3.94. The number of imidazole rings is 1. The first-order valence-electron chi connectivity index (χ1n) is 7.12. The molecule has 0 amide bonds. The number of hydrogen-bond donors (Lipinski definition) is 1. The lowest BCUT2D eigenvalue weighted by molar-refractivity contribution is 0.678. The van der Waals surface area contributed by atoms with Gasteiger partial charge in [-0.3, -0.25) is 0 Å². The number of pyridine rings is 1. The summed E-state index contributed by atoms with van der Waals surface area (Å²) in [7, 11) is 2.10. The van der Waals surface area contributed by atoms with E-state index in [9.17, 15) is 0 Å². The highest BCUT2D eigenvalue weighted by Gasteiger charge is 2.19. The van der Waals surface area contributed by atoms with E-state index in [0.29, 0.717) is 12.6 Å². The van der Waals surface area contributed by atoms with Crippen LogP contribution in [0, 0.1) is 0 Å². The minimum Gasteiger partial charge on any atom is -0.355 e. The molecule has 5 heteroatoms. The zero-order chi connectivity index (χ0) is 14.8. The molecule has 0 saturated carbocycles. The maximum Gasteiger partial charge on any atom is 0.152 e. The molecule has 0 radical (unpaired) electrons. The molecule has 4 nitrogen and oxygen atoms in total. The molecule has 0 aliphatic rings. The Morgan fingerprint density at radius 3 is 2.90 bits per heavy atom. The van der Waals surface area contributed by atoms with Gasteiger partial charge in [0.1, 0.15) is 5.65 Å². The van der Waals surface area contributed by atoms with Crippen molar-refractivity contribution in [2.24, 2.45) is 5.73 Å². The molecule has 0 fully saturated rings. The molecule has 3 heterocycles. The highest BCUT2D eigenvalue weighted by Crippen LogP contribution is 2.24. The number of aromatic nitrogens is 2. The zero-order valence-corrected chi connectivity index (χ0v) is 13.2. The van der Waals surface area contributed by atoms with Gasteiger partial charge in [-0.05, 0) is 30.5 Å². The number of nitrogens with two attached hydrogens (primary N) is 1. The van der Waals surface area contributed by atoms with Crippen LogP contribution in [-0.4, -0.2) is 22.5 Å². The smallest absolute Gasteiger partial charge is 0.152 e. The van der Waals surface area contributed by atoms with E-state index in [1.54, 1.807) is 11.3 Å². The monoisotopic (exact) mass is 300 g/mol. The predicted molar refractivity (Wildman–Crippen MR) is 89.0 cm³/mol. The Morgan fingerprint density at radius 1 is 1.33 bits per heavy atom. The summed E-state index contributed by atoms with van der Waals surface area (Å²) in [6.07, 6.45) is 3.04. The lowest BCUT2D eigenvalue weighted by Crippen LogP contribution is -2.31. The fourth-order valence-electron chi connectivity index (χ4n) is 2.57. The summed E-state index contributed by atoms with van der Waals surface area (Å²) in [6, 6.07) is 10.7. The van der Waals surface area contributed by atoms with Crippen LogP contribution in [0.3, 0.4) is 0 Å². The second-order valence-electron chi connectivity index (χ2n) is 5.26. The lowest BCUT2D eigenvalue weighted by atomic mass is 10.2. The van der Waals surface area contributed by atoms with Gasteiger partial charge >= 0.3 is 0 Å². The van der Waals surface area contributed by atoms with Crippen LogP contribution in [0.1, 0.15) is 17.5 Å². The number of thiophene rings is 1. The highest BCUT2D eigenvalue weighted by molar-refractivity contribution is 7.09.